The van der Waals surface area contributed by atoms with Gasteiger partial charge in [0.05, 0.1) is 11.9 Å². The molecule has 0 saturated carbocycles. The molecule has 0 saturated heterocycles. The van der Waals surface area contributed by atoms with E-state index < -0.39 is 0 Å². The molecule has 0 spiro atoms. The summed E-state index contributed by atoms with van der Waals surface area (Å²) in [4.78, 5) is 38.3. The molecule has 0 bridgehead atoms. The minimum atomic E-state index is -0.346. The molecule has 3 rings (SSSR count). The van der Waals surface area contributed by atoms with Crippen molar-refractivity contribution >= 4 is 28.3 Å². The molecule has 25 heavy (non-hydrogen) atoms. The summed E-state index contributed by atoms with van der Waals surface area (Å²) in [6.45, 7) is 4.89. The summed E-state index contributed by atoms with van der Waals surface area (Å²) in [6, 6.07) is 5.56. The van der Waals surface area contributed by atoms with Crippen molar-refractivity contribution in [3.05, 3.63) is 55.5 Å². The third kappa shape index (κ3) is 3.17. The van der Waals surface area contributed by atoms with Gasteiger partial charge in [0.15, 0.2) is 0 Å². The monoisotopic (exact) mass is 360 g/mol. The zero-order valence-electron chi connectivity index (χ0n) is 14.2. The molecular weight excluding hydrogens is 340 g/mol. The molecule has 3 heterocycles. The highest BCUT2D eigenvalue weighted by atomic mass is 32.1. The number of rotatable bonds is 6. The summed E-state index contributed by atoms with van der Waals surface area (Å²) in [5.74, 6) is -0.166. The Morgan fingerprint density at radius 1 is 1.16 bits per heavy atom. The normalized spacial score (nSPS) is 11.1. The largest absolute Gasteiger partial charge is 0.350 e. The zero-order chi connectivity index (χ0) is 18.0. The number of fused-ring (bicyclic) bond motifs is 1. The van der Waals surface area contributed by atoms with Crippen molar-refractivity contribution in [2.75, 3.05) is 0 Å². The predicted molar refractivity (Wildman–Crippen MR) is 98.0 cm³/mol. The van der Waals surface area contributed by atoms with Crippen molar-refractivity contribution in [1.82, 2.24) is 19.0 Å². The van der Waals surface area contributed by atoms with Gasteiger partial charge in [0.25, 0.3) is 5.56 Å². The van der Waals surface area contributed by atoms with E-state index in [1.54, 1.807) is 35.1 Å². The van der Waals surface area contributed by atoms with Gasteiger partial charge in [0.2, 0.25) is 5.91 Å². The highest BCUT2D eigenvalue weighted by molar-refractivity contribution is 7.09. The number of carbonyl (C=O) groups is 1. The maximum atomic E-state index is 12.5. The van der Waals surface area contributed by atoms with Crippen LogP contribution >= 0.6 is 11.3 Å². The average Bonchev–Trinajstić information content (AvgIpc) is 3.24. The second-order valence-corrected chi connectivity index (χ2v) is 6.65. The first-order valence-electron chi connectivity index (χ1n) is 8.18. The summed E-state index contributed by atoms with van der Waals surface area (Å²) in [6.07, 6.45) is 1.68. The SMILES string of the molecule is CCn1c(=O)c2ccn(CC(=O)NCc3cccs3)c2n(CC)c1=O. The Morgan fingerprint density at radius 2 is 1.92 bits per heavy atom. The van der Waals surface area contributed by atoms with Crippen molar-refractivity contribution in [3.8, 4) is 0 Å². The molecule has 1 amide bonds. The third-order valence-corrected chi connectivity index (χ3v) is 4.99. The quantitative estimate of drug-likeness (QED) is 0.721. The first-order chi connectivity index (χ1) is 12.1. The Morgan fingerprint density at radius 3 is 2.56 bits per heavy atom. The van der Waals surface area contributed by atoms with Crippen molar-refractivity contribution in [2.24, 2.45) is 0 Å². The van der Waals surface area contributed by atoms with Gasteiger partial charge in [-0.05, 0) is 31.4 Å². The molecule has 0 aromatic carbocycles. The summed E-state index contributed by atoms with van der Waals surface area (Å²) in [7, 11) is 0. The Hall–Kier alpha value is -2.61. The maximum absolute atomic E-state index is 12.5. The van der Waals surface area contributed by atoms with Crippen LogP contribution in [0, 0.1) is 0 Å². The highest BCUT2D eigenvalue weighted by Crippen LogP contribution is 2.11. The fourth-order valence-electron chi connectivity index (χ4n) is 2.90. The van der Waals surface area contributed by atoms with Gasteiger partial charge in [-0.3, -0.25) is 18.7 Å². The minimum Gasteiger partial charge on any atom is -0.350 e. The maximum Gasteiger partial charge on any atom is 0.332 e. The van der Waals surface area contributed by atoms with Gasteiger partial charge in [-0.15, -0.1) is 11.3 Å². The first kappa shape index (κ1) is 17.2. The van der Waals surface area contributed by atoms with Crippen LogP contribution in [-0.2, 0) is 31.0 Å². The number of aromatic nitrogens is 3. The molecule has 0 aliphatic heterocycles. The van der Waals surface area contributed by atoms with Crippen LogP contribution in [0.3, 0.4) is 0 Å². The van der Waals surface area contributed by atoms with Crippen LogP contribution in [0.5, 0.6) is 0 Å². The molecule has 132 valence electrons. The lowest BCUT2D eigenvalue weighted by Crippen LogP contribution is -2.40. The van der Waals surface area contributed by atoms with Gasteiger partial charge in [-0.25, -0.2) is 4.79 Å². The van der Waals surface area contributed by atoms with Gasteiger partial charge in [-0.1, -0.05) is 6.07 Å². The van der Waals surface area contributed by atoms with Gasteiger partial charge in [0, 0.05) is 24.2 Å². The molecular formula is C17H20N4O3S. The van der Waals surface area contributed by atoms with Crippen molar-refractivity contribution < 1.29 is 4.79 Å². The van der Waals surface area contributed by atoms with E-state index in [0.29, 0.717) is 30.7 Å². The van der Waals surface area contributed by atoms with E-state index in [4.69, 9.17) is 0 Å². The fraction of sp³-hybridized carbons (Fsp3) is 0.353. The second kappa shape index (κ2) is 7.10. The standard InChI is InChI=1S/C17H20N4O3S/c1-3-20-15-13(16(23)21(4-2)17(20)24)7-8-19(15)11-14(22)18-10-12-6-5-9-25-12/h5-9H,3-4,10-11H2,1-2H3,(H,18,22). The first-order valence-corrected chi connectivity index (χ1v) is 9.06. The van der Waals surface area contributed by atoms with Crippen LogP contribution in [0.15, 0.2) is 39.4 Å². The fourth-order valence-corrected chi connectivity index (χ4v) is 3.55. The van der Waals surface area contributed by atoms with Crippen molar-refractivity contribution in [3.63, 3.8) is 0 Å². The van der Waals surface area contributed by atoms with Gasteiger partial charge in [0.1, 0.15) is 12.2 Å². The van der Waals surface area contributed by atoms with Gasteiger partial charge < -0.3 is 9.88 Å². The molecule has 0 radical (unpaired) electrons. The lowest BCUT2D eigenvalue weighted by molar-refractivity contribution is -0.121. The van der Waals surface area contributed by atoms with Crippen molar-refractivity contribution in [2.45, 2.75) is 40.0 Å². The van der Waals surface area contributed by atoms with E-state index in [1.807, 2.05) is 24.4 Å². The molecule has 0 aliphatic rings. The Bertz CT molecular complexity index is 1010. The van der Waals surface area contributed by atoms with Gasteiger partial charge >= 0.3 is 5.69 Å². The Kier molecular flexibility index (Phi) is 4.89. The number of nitrogens with zero attached hydrogens (tertiary/aromatic N) is 3. The number of carbonyl (C=O) groups excluding carboxylic acids is 1. The number of aryl methyl sites for hydroxylation is 1. The summed E-state index contributed by atoms with van der Waals surface area (Å²) >= 11 is 1.58. The van der Waals surface area contributed by atoms with E-state index in [-0.39, 0.29) is 23.7 Å². The predicted octanol–water partition coefficient (Wildman–Crippen LogP) is 1.38. The van der Waals surface area contributed by atoms with Crippen LogP contribution in [0.1, 0.15) is 18.7 Å². The summed E-state index contributed by atoms with van der Waals surface area (Å²) in [5, 5.41) is 5.27. The van der Waals surface area contributed by atoms with E-state index in [0.717, 1.165) is 4.88 Å². The van der Waals surface area contributed by atoms with E-state index in [1.165, 1.54) is 9.13 Å². The third-order valence-electron chi connectivity index (χ3n) is 4.11. The minimum absolute atomic E-state index is 0.0594. The van der Waals surface area contributed by atoms with Crippen LogP contribution in [0.2, 0.25) is 0 Å². The van der Waals surface area contributed by atoms with Gasteiger partial charge in [-0.2, -0.15) is 0 Å². The Balaban J connectivity index is 1.93. The van der Waals surface area contributed by atoms with Crippen molar-refractivity contribution in [1.29, 1.82) is 0 Å². The lowest BCUT2D eigenvalue weighted by atomic mass is 10.4. The van der Waals surface area contributed by atoms with E-state index in [2.05, 4.69) is 5.32 Å². The number of hydrogen-bond donors (Lipinski definition) is 1. The average molecular weight is 360 g/mol. The molecule has 1 N–H and O–H groups in total. The van der Waals surface area contributed by atoms with Crippen LogP contribution in [0.4, 0.5) is 0 Å². The number of hydrogen-bond acceptors (Lipinski definition) is 4. The summed E-state index contributed by atoms with van der Waals surface area (Å²) < 4.78 is 4.41. The molecule has 0 atom stereocenters. The van der Waals surface area contributed by atoms with E-state index in [9.17, 15) is 14.4 Å². The number of amides is 1. The Labute approximate surface area is 148 Å². The molecule has 8 heteroatoms. The smallest absolute Gasteiger partial charge is 0.332 e. The molecule has 0 aliphatic carbocycles. The van der Waals surface area contributed by atoms with Crippen LogP contribution in [0.25, 0.3) is 11.0 Å². The summed E-state index contributed by atoms with van der Waals surface area (Å²) in [5.41, 5.74) is -0.167. The topological polar surface area (TPSA) is 78.0 Å². The number of nitrogens with one attached hydrogen (secondary N) is 1. The molecule has 3 aromatic rings. The number of thiophene rings is 1. The second-order valence-electron chi connectivity index (χ2n) is 5.61. The van der Waals surface area contributed by atoms with Crippen LogP contribution < -0.4 is 16.6 Å². The van der Waals surface area contributed by atoms with Crippen LogP contribution in [-0.4, -0.2) is 19.6 Å². The van der Waals surface area contributed by atoms with E-state index >= 15 is 0 Å². The molecule has 0 fully saturated rings. The zero-order valence-corrected chi connectivity index (χ0v) is 15.0. The molecule has 0 unspecified atom stereocenters. The molecule has 7 nitrogen and oxygen atoms in total. The highest BCUT2D eigenvalue weighted by Gasteiger charge is 2.16. The lowest BCUT2D eigenvalue weighted by Gasteiger charge is -2.12. The molecule has 3 aromatic heterocycles.